The number of nitrogens with two attached hydrogens (primary N) is 1. The van der Waals surface area contributed by atoms with Gasteiger partial charge in [0.1, 0.15) is 0 Å². The third kappa shape index (κ3) is 3.34. The first-order valence-corrected chi connectivity index (χ1v) is 7.02. The van der Waals surface area contributed by atoms with E-state index < -0.39 is 0 Å². The molecule has 18 heavy (non-hydrogen) atoms. The first-order valence-electron chi connectivity index (χ1n) is 7.02. The molecule has 98 valence electrons. The minimum Gasteiger partial charge on any atom is -0.398 e. The summed E-state index contributed by atoms with van der Waals surface area (Å²) in [4.78, 5) is 4.09. The largest absolute Gasteiger partial charge is 0.398 e. The predicted octanol–water partition coefficient (Wildman–Crippen LogP) is 3.75. The van der Waals surface area contributed by atoms with Crippen LogP contribution in [0.1, 0.15) is 48.8 Å². The molecule has 0 radical (unpaired) electrons. The fraction of sp³-hybridized carbons (Fsp3) is 0.562. The van der Waals surface area contributed by atoms with E-state index in [9.17, 15) is 0 Å². The SMILES string of the molecule is CN=Cc1c(C)ccc(CCCCC2CC2)c1N. The maximum absolute atomic E-state index is 6.23. The molecule has 1 fully saturated rings. The van der Waals surface area contributed by atoms with Gasteiger partial charge in [-0.15, -0.1) is 0 Å². The molecule has 0 amide bonds. The van der Waals surface area contributed by atoms with Crippen molar-refractivity contribution in [3.63, 3.8) is 0 Å². The van der Waals surface area contributed by atoms with Crippen molar-refractivity contribution < 1.29 is 0 Å². The van der Waals surface area contributed by atoms with Gasteiger partial charge in [-0.1, -0.05) is 37.8 Å². The Hall–Kier alpha value is -1.31. The average molecular weight is 244 g/mol. The lowest BCUT2D eigenvalue weighted by Gasteiger charge is -2.11. The zero-order valence-corrected chi connectivity index (χ0v) is 11.6. The number of unbranched alkanes of at least 4 members (excludes halogenated alkanes) is 1. The number of aliphatic imine (C=N–C) groups is 1. The molecule has 0 saturated heterocycles. The van der Waals surface area contributed by atoms with Crippen molar-refractivity contribution in [1.82, 2.24) is 0 Å². The average Bonchev–Trinajstić information content (AvgIpc) is 3.16. The van der Waals surface area contributed by atoms with E-state index in [-0.39, 0.29) is 0 Å². The maximum atomic E-state index is 6.23. The number of aryl methyl sites for hydroxylation is 2. The lowest BCUT2D eigenvalue weighted by atomic mass is 9.98. The number of hydrogen-bond donors (Lipinski definition) is 1. The lowest BCUT2D eigenvalue weighted by Crippen LogP contribution is -2.02. The van der Waals surface area contributed by atoms with Gasteiger partial charge in [-0.2, -0.15) is 0 Å². The van der Waals surface area contributed by atoms with E-state index in [2.05, 4.69) is 24.0 Å². The highest BCUT2D eigenvalue weighted by atomic mass is 14.7. The number of rotatable bonds is 6. The van der Waals surface area contributed by atoms with E-state index in [4.69, 9.17) is 5.73 Å². The predicted molar refractivity (Wildman–Crippen MR) is 79.4 cm³/mol. The third-order valence-corrected chi connectivity index (χ3v) is 3.86. The van der Waals surface area contributed by atoms with Crippen molar-refractivity contribution in [3.05, 3.63) is 28.8 Å². The smallest absolute Gasteiger partial charge is 0.0438 e. The number of hydrogen-bond acceptors (Lipinski definition) is 2. The van der Waals surface area contributed by atoms with E-state index in [0.29, 0.717) is 0 Å². The van der Waals surface area contributed by atoms with Crippen molar-refractivity contribution in [1.29, 1.82) is 0 Å². The summed E-state index contributed by atoms with van der Waals surface area (Å²) >= 11 is 0. The molecule has 2 heteroatoms. The molecule has 0 bridgehead atoms. The van der Waals surface area contributed by atoms with Crippen LogP contribution >= 0.6 is 0 Å². The van der Waals surface area contributed by atoms with Gasteiger partial charge < -0.3 is 5.73 Å². The van der Waals surface area contributed by atoms with Crippen molar-refractivity contribution in [2.45, 2.75) is 45.4 Å². The van der Waals surface area contributed by atoms with Crippen LogP contribution in [0.2, 0.25) is 0 Å². The molecule has 1 saturated carbocycles. The monoisotopic (exact) mass is 244 g/mol. The van der Waals surface area contributed by atoms with Crippen LogP contribution in [0.4, 0.5) is 5.69 Å². The quantitative estimate of drug-likeness (QED) is 0.462. The number of benzene rings is 1. The molecule has 2 rings (SSSR count). The summed E-state index contributed by atoms with van der Waals surface area (Å²) in [5.41, 5.74) is 10.7. The second kappa shape index (κ2) is 6.03. The van der Waals surface area contributed by atoms with Crippen LogP contribution in [0.25, 0.3) is 0 Å². The minimum atomic E-state index is 0.923. The van der Waals surface area contributed by atoms with Crippen LogP contribution in [-0.4, -0.2) is 13.3 Å². The van der Waals surface area contributed by atoms with Crippen LogP contribution in [-0.2, 0) is 6.42 Å². The van der Waals surface area contributed by atoms with Gasteiger partial charge in [0.2, 0.25) is 0 Å². The van der Waals surface area contributed by atoms with Crippen LogP contribution in [0.15, 0.2) is 17.1 Å². The zero-order chi connectivity index (χ0) is 13.0. The normalized spacial score (nSPS) is 15.4. The van der Waals surface area contributed by atoms with Crippen molar-refractivity contribution >= 4 is 11.9 Å². The standard InChI is InChI=1S/C16H24N2/c1-12-7-10-14(16(17)15(12)11-18-2)6-4-3-5-13-8-9-13/h7,10-11,13H,3-6,8-9,17H2,1-2H3. The van der Waals surface area contributed by atoms with Gasteiger partial charge in [0.05, 0.1) is 0 Å². The minimum absolute atomic E-state index is 0.923. The second-order valence-corrected chi connectivity index (χ2v) is 5.45. The van der Waals surface area contributed by atoms with E-state index in [1.807, 2.05) is 6.21 Å². The Balaban J connectivity index is 1.96. The van der Waals surface area contributed by atoms with Gasteiger partial charge in [-0.05, 0) is 36.8 Å². The molecular formula is C16H24N2. The second-order valence-electron chi connectivity index (χ2n) is 5.45. The summed E-state index contributed by atoms with van der Waals surface area (Å²) in [5.74, 6) is 1.04. The van der Waals surface area contributed by atoms with Crippen LogP contribution in [0.3, 0.4) is 0 Å². The Morgan fingerprint density at radius 1 is 1.33 bits per heavy atom. The van der Waals surface area contributed by atoms with Crippen LogP contribution in [0.5, 0.6) is 0 Å². The van der Waals surface area contributed by atoms with Gasteiger partial charge in [0, 0.05) is 24.5 Å². The van der Waals surface area contributed by atoms with Crippen LogP contribution in [0, 0.1) is 12.8 Å². The number of nitrogen functional groups attached to an aromatic ring is 1. The Kier molecular flexibility index (Phi) is 4.40. The molecule has 0 heterocycles. The van der Waals surface area contributed by atoms with Crippen molar-refractivity contribution in [3.8, 4) is 0 Å². The summed E-state index contributed by atoms with van der Waals surface area (Å²) < 4.78 is 0. The topological polar surface area (TPSA) is 38.4 Å². The van der Waals surface area contributed by atoms with Crippen molar-refractivity contribution in [2.24, 2.45) is 10.9 Å². The molecule has 0 aliphatic heterocycles. The van der Waals surface area contributed by atoms with Gasteiger partial charge in [0.15, 0.2) is 0 Å². The van der Waals surface area contributed by atoms with Crippen LogP contribution < -0.4 is 5.73 Å². The van der Waals surface area contributed by atoms with E-state index in [1.165, 1.54) is 43.2 Å². The summed E-state index contributed by atoms with van der Waals surface area (Å²) in [7, 11) is 1.79. The summed E-state index contributed by atoms with van der Waals surface area (Å²) in [5, 5.41) is 0. The Morgan fingerprint density at radius 3 is 2.78 bits per heavy atom. The van der Waals surface area contributed by atoms with Gasteiger partial charge in [-0.25, -0.2) is 0 Å². The fourth-order valence-corrected chi connectivity index (χ4v) is 2.46. The summed E-state index contributed by atoms with van der Waals surface area (Å²) in [6.45, 7) is 2.09. The molecular weight excluding hydrogens is 220 g/mol. The highest BCUT2D eigenvalue weighted by molar-refractivity contribution is 5.89. The number of anilines is 1. The highest BCUT2D eigenvalue weighted by Crippen LogP contribution is 2.34. The summed E-state index contributed by atoms with van der Waals surface area (Å²) in [6, 6.07) is 4.33. The van der Waals surface area contributed by atoms with E-state index >= 15 is 0 Å². The Morgan fingerprint density at radius 2 is 2.11 bits per heavy atom. The molecule has 0 unspecified atom stereocenters. The van der Waals surface area contributed by atoms with Gasteiger partial charge >= 0.3 is 0 Å². The first kappa shape index (κ1) is 13.1. The molecule has 0 atom stereocenters. The Labute approximate surface area is 110 Å². The molecule has 1 aliphatic carbocycles. The summed E-state index contributed by atoms with van der Waals surface area (Å²) in [6.07, 6.45) is 9.91. The molecule has 2 nitrogen and oxygen atoms in total. The highest BCUT2D eigenvalue weighted by Gasteiger charge is 2.20. The molecule has 1 aromatic carbocycles. The molecule has 1 aromatic rings. The Bertz CT molecular complexity index is 431. The first-order chi connectivity index (χ1) is 8.72. The van der Waals surface area contributed by atoms with E-state index in [0.717, 1.165) is 23.6 Å². The van der Waals surface area contributed by atoms with Gasteiger partial charge in [-0.3, -0.25) is 4.99 Å². The third-order valence-electron chi connectivity index (χ3n) is 3.86. The lowest BCUT2D eigenvalue weighted by molar-refractivity contribution is 0.629. The van der Waals surface area contributed by atoms with E-state index in [1.54, 1.807) is 7.05 Å². The van der Waals surface area contributed by atoms with Crippen molar-refractivity contribution in [2.75, 3.05) is 12.8 Å². The molecule has 2 N–H and O–H groups in total. The molecule has 1 aliphatic rings. The zero-order valence-electron chi connectivity index (χ0n) is 11.6. The fourth-order valence-electron chi connectivity index (χ4n) is 2.46. The maximum Gasteiger partial charge on any atom is 0.0438 e. The molecule has 0 spiro atoms. The molecule has 0 aromatic heterocycles. The number of nitrogens with zero attached hydrogens (tertiary/aromatic N) is 1. The van der Waals surface area contributed by atoms with Gasteiger partial charge in [0.25, 0.3) is 0 Å².